The Morgan fingerprint density at radius 2 is 1.76 bits per heavy atom. The van der Waals surface area contributed by atoms with Gasteiger partial charge in [0.2, 0.25) is 0 Å². The summed E-state index contributed by atoms with van der Waals surface area (Å²) in [6.45, 7) is 12.8. The first kappa shape index (κ1) is 27.4. The zero-order valence-electron chi connectivity index (χ0n) is 23.0. The molecule has 2 heterocycles. The molecule has 2 aliphatic rings. The van der Waals surface area contributed by atoms with Crippen LogP contribution in [0.25, 0.3) is 0 Å². The van der Waals surface area contributed by atoms with Crippen molar-refractivity contribution >= 4 is 6.09 Å². The summed E-state index contributed by atoms with van der Waals surface area (Å²) in [4.78, 5) is 19.5. The molecule has 0 spiro atoms. The summed E-state index contributed by atoms with van der Waals surface area (Å²) in [5.74, 6) is 1.10. The molecule has 0 saturated carbocycles. The molecule has 202 valence electrons. The van der Waals surface area contributed by atoms with Gasteiger partial charge >= 0.3 is 6.09 Å². The summed E-state index contributed by atoms with van der Waals surface area (Å²) >= 11 is 0. The van der Waals surface area contributed by atoms with E-state index in [0.717, 1.165) is 50.3 Å². The molecule has 4 rings (SSSR count). The number of benzene rings is 2. The van der Waals surface area contributed by atoms with Crippen LogP contribution in [0.2, 0.25) is 0 Å². The van der Waals surface area contributed by atoms with E-state index in [-0.39, 0.29) is 24.0 Å². The van der Waals surface area contributed by atoms with Crippen LogP contribution in [0.5, 0.6) is 5.75 Å². The van der Waals surface area contributed by atoms with Gasteiger partial charge in [0.1, 0.15) is 17.2 Å². The number of nitrogens with zero attached hydrogens (tertiary/aromatic N) is 3. The van der Waals surface area contributed by atoms with Crippen LogP contribution in [-0.2, 0) is 11.3 Å². The van der Waals surface area contributed by atoms with Crippen molar-refractivity contribution in [2.24, 2.45) is 5.92 Å². The van der Waals surface area contributed by atoms with E-state index in [9.17, 15) is 9.18 Å². The van der Waals surface area contributed by atoms with Crippen LogP contribution in [-0.4, -0.2) is 72.3 Å². The number of carbonyl (C=O) groups excluding carboxylic acids is 1. The van der Waals surface area contributed by atoms with Crippen LogP contribution in [0, 0.1) is 11.7 Å². The molecule has 1 amide bonds. The monoisotopic (exact) mass is 511 g/mol. The van der Waals surface area contributed by atoms with Crippen LogP contribution in [0.3, 0.4) is 0 Å². The Hall–Kier alpha value is -2.64. The number of ether oxygens (including phenoxy) is 2. The van der Waals surface area contributed by atoms with Gasteiger partial charge in [-0.1, -0.05) is 24.3 Å². The van der Waals surface area contributed by atoms with Gasteiger partial charge in [-0.05, 0) is 94.9 Å². The van der Waals surface area contributed by atoms with Gasteiger partial charge in [-0.25, -0.2) is 9.18 Å². The Morgan fingerprint density at radius 3 is 2.35 bits per heavy atom. The van der Waals surface area contributed by atoms with Gasteiger partial charge in [-0.15, -0.1) is 0 Å². The predicted molar refractivity (Wildman–Crippen MR) is 144 cm³/mol. The minimum absolute atomic E-state index is 0.120. The van der Waals surface area contributed by atoms with E-state index in [0.29, 0.717) is 19.0 Å². The van der Waals surface area contributed by atoms with Crippen LogP contribution in [0.4, 0.5) is 9.18 Å². The van der Waals surface area contributed by atoms with E-state index in [2.05, 4.69) is 34.9 Å². The maximum absolute atomic E-state index is 14.3. The number of hydrogen-bond donors (Lipinski definition) is 0. The summed E-state index contributed by atoms with van der Waals surface area (Å²) in [6, 6.07) is 15.6. The molecule has 0 bridgehead atoms. The average Bonchev–Trinajstić information content (AvgIpc) is 2.86. The Kier molecular flexibility index (Phi) is 8.75. The molecule has 6 nitrogen and oxygen atoms in total. The minimum Gasteiger partial charge on any atom is -0.497 e. The zero-order valence-corrected chi connectivity index (χ0v) is 23.0. The fourth-order valence-electron chi connectivity index (χ4n) is 5.72. The number of amides is 1. The number of piperazine rings is 1. The molecule has 0 aliphatic carbocycles. The molecule has 0 radical (unpaired) electrons. The lowest BCUT2D eigenvalue weighted by atomic mass is 9.83. The van der Waals surface area contributed by atoms with Gasteiger partial charge in [-0.3, -0.25) is 9.80 Å². The maximum Gasteiger partial charge on any atom is 0.410 e. The van der Waals surface area contributed by atoms with Crippen molar-refractivity contribution in [3.05, 3.63) is 65.5 Å². The van der Waals surface area contributed by atoms with Gasteiger partial charge in [0.05, 0.1) is 7.11 Å². The summed E-state index contributed by atoms with van der Waals surface area (Å²) in [5.41, 5.74) is 1.81. The van der Waals surface area contributed by atoms with E-state index in [4.69, 9.17) is 9.47 Å². The third-order valence-corrected chi connectivity index (χ3v) is 7.52. The Morgan fingerprint density at radius 1 is 1.05 bits per heavy atom. The van der Waals surface area contributed by atoms with Gasteiger partial charge in [0, 0.05) is 38.3 Å². The van der Waals surface area contributed by atoms with Crippen LogP contribution >= 0.6 is 0 Å². The van der Waals surface area contributed by atoms with E-state index in [1.807, 2.05) is 43.9 Å². The van der Waals surface area contributed by atoms with Crippen molar-refractivity contribution in [1.82, 2.24) is 14.7 Å². The van der Waals surface area contributed by atoms with Crippen LogP contribution in [0.15, 0.2) is 48.5 Å². The van der Waals surface area contributed by atoms with Gasteiger partial charge in [0.25, 0.3) is 0 Å². The van der Waals surface area contributed by atoms with Gasteiger partial charge < -0.3 is 14.4 Å². The van der Waals surface area contributed by atoms with Gasteiger partial charge in [0.15, 0.2) is 0 Å². The number of halogens is 1. The van der Waals surface area contributed by atoms with Crippen LogP contribution in [0.1, 0.15) is 57.7 Å². The molecule has 2 saturated heterocycles. The van der Waals surface area contributed by atoms with E-state index in [1.54, 1.807) is 13.2 Å². The summed E-state index contributed by atoms with van der Waals surface area (Å²) in [7, 11) is 1.69. The predicted octanol–water partition coefficient (Wildman–Crippen LogP) is 5.73. The summed E-state index contributed by atoms with van der Waals surface area (Å²) in [5, 5.41) is 0. The Balaban J connectivity index is 1.44. The van der Waals surface area contributed by atoms with Crippen molar-refractivity contribution in [3.8, 4) is 5.75 Å². The zero-order chi connectivity index (χ0) is 26.6. The smallest absolute Gasteiger partial charge is 0.410 e. The number of hydrogen-bond acceptors (Lipinski definition) is 5. The van der Waals surface area contributed by atoms with Crippen LogP contribution < -0.4 is 4.74 Å². The molecule has 2 aromatic carbocycles. The lowest BCUT2D eigenvalue weighted by Gasteiger charge is -2.48. The molecule has 7 heteroatoms. The fourth-order valence-corrected chi connectivity index (χ4v) is 5.72. The number of methoxy groups -OCH3 is 1. The second kappa shape index (κ2) is 11.8. The third kappa shape index (κ3) is 7.23. The molecule has 2 fully saturated rings. The number of rotatable bonds is 6. The molecule has 1 unspecified atom stereocenters. The van der Waals surface area contributed by atoms with E-state index >= 15 is 0 Å². The van der Waals surface area contributed by atoms with Crippen molar-refractivity contribution in [2.45, 2.75) is 64.8 Å². The molecule has 0 aromatic heterocycles. The van der Waals surface area contributed by atoms with Crippen molar-refractivity contribution < 1.29 is 18.7 Å². The molecule has 0 N–H and O–H groups in total. The average molecular weight is 512 g/mol. The first-order valence-corrected chi connectivity index (χ1v) is 13.5. The number of piperidine rings is 1. The standard InChI is InChI=1S/C30H42FN3O3/c1-22-20-33(29(35)37-30(2,3)4)17-18-34(22)28(25-7-6-8-26(31)19-25)24-13-15-32(16-14-24)21-23-9-11-27(36-5)12-10-23/h6-12,19,22,24,28H,13-18,20-21H2,1-5H3/t22-,28?/m0/s1. The largest absolute Gasteiger partial charge is 0.497 e. The van der Waals surface area contributed by atoms with E-state index in [1.165, 1.54) is 11.6 Å². The second-order valence-electron chi connectivity index (χ2n) is 11.5. The van der Waals surface area contributed by atoms with Gasteiger partial charge in [-0.2, -0.15) is 0 Å². The molecular weight excluding hydrogens is 469 g/mol. The molecule has 2 atom stereocenters. The lowest BCUT2D eigenvalue weighted by Crippen LogP contribution is -2.56. The van der Waals surface area contributed by atoms with Crippen molar-refractivity contribution in [2.75, 3.05) is 39.8 Å². The highest BCUT2D eigenvalue weighted by Crippen LogP contribution is 2.38. The van der Waals surface area contributed by atoms with Crippen molar-refractivity contribution in [3.63, 3.8) is 0 Å². The second-order valence-corrected chi connectivity index (χ2v) is 11.5. The fraction of sp³-hybridized carbons (Fsp3) is 0.567. The first-order valence-electron chi connectivity index (χ1n) is 13.5. The van der Waals surface area contributed by atoms with E-state index < -0.39 is 5.60 Å². The lowest BCUT2D eigenvalue weighted by molar-refractivity contribution is -0.0150. The highest BCUT2D eigenvalue weighted by molar-refractivity contribution is 5.68. The SMILES string of the molecule is COc1ccc(CN2CCC(C(c3cccc(F)c3)N3CCN(C(=O)OC(C)(C)C)C[C@@H]3C)CC2)cc1. The highest BCUT2D eigenvalue weighted by Gasteiger charge is 2.38. The molecule has 2 aliphatic heterocycles. The molecule has 2 aromatic rings. The Bertz CT molecular complexity index is 1030. The highest BCUT2D eigenvalue weighted by atomic mass is 19.1. The quantitative estimate of drug-likeness (QED) is 0.496. The minimum atomic E-state index is -0.513. The number of likely N-dealkylation sites (tertiary alicyclic amines) is 1. The normalized spacial score (nSPS) is 21.0. The maximum atomic E-state index is 14.3. The first-order chi connectivity index (χ1) is 17.6. The number of carbonyl (C=O) groups is 1. The third-order valence-electron chi connectivity index (χ3n) is 7.52. The Labute approximate surface area is 221 Å². The summed E-state index contributed by atoms with van der Waals surface area (Å²) < 4.78 is 25.2. The molecular formula is C30H42FN3O3. The summed E-state index contributed by atoms with van der Waals surface area (Å²) in [6.07, 6.45) is 1.85. The van der Waals surface area contributed by atoms with Crippen molar-refractivity contribution in [1.29, 1.82) is 0 Å². The molecule has 37 heavy (non-hydrogen) atoms. The topological polar surface area (TPSA) is 45.2 Å².